The minimum Gasteiger partial charge on any atom is -0.322 e. The summed E-state index contributed by atoms with van der Waals surface area (Å²) in [6.45, 7) is 6.72. The summed E-state index contributed by atoms with van der Waals surface area (Å²) in [7, 11) is 0. The molecule has 0 aliphatic carbocycles. The summed E-state index contributed by atoms with van der Waals surface area (Å²) < 4.78 is 1.83. The Bertz CT molecular complexity index is 1280. The van der Waals surface area contributed by atoms with E-state index in [0.29, 0.717) is 23.9 Å². The molecular formula is C25H28N6O. The number of nitrogens with one attached hydrogen (secondary N) is 1. The van der Waals surface area contributed by atoms with Crippen molar-refractivity contribution >= 4 is 10.9 Å². The summed E-state index contributed by atoms with van der Waals surface area (Å²) in [5.74, 6) is 1.27. The Balaban J connectivity index is 1.63. The number of hydrogen-bond donors (Lipinski definition) is 1. The Labute approximate surface area is 187 Å². The number of aromatic nitrogens is 5. The van der Waals surface area contributed by atoms with E-state index in [4.69, 9.17) is 0 Å². The van der Waals surface area contributed by atoms with Crippen LogP contribution in [0.5, 0.6) is 0 Å². The SMILES string of the molecule is Cc1ccc2[nH]c(=O)c(C(c3nnnn3Cc3ccccc3)N3CCCC(C)C3)cc2c1. The quantitative estimate of drug-likeness (QED) is 0.524. The molecule has 0 spiro atoms. The van der Waals surface area contributed by atoms with E-state index in [-0.39, 0.29) is 11.6 Å². The maximum Gasteiger partial charge on any atom is 0.253 e. The number of aromatic amines is 1. The normalized spacial score (nSPS) is 18.1. The zero-order chi connectivity index (χ0) is 22.1. The predicted molar refractivity (Wildman–Crippen MR) is 124 cm³/mol. The first-order valence-corrected chi connectivity index (χ1v) is 11.3. The standard InChI is InChI=1S/C25H28N6O/c1-17-10-11-22-20(13-17)14-21(25(32)26-22)23(30-12-6-7-18(2)15-30)24-27-28-29-31(24)16-19-8-4-3-5-9-19/h3-5,8-11,13-14,18,23H,6-7,12,15-16H2,1-2H3,(H,26,32). The highest BCUT2D eigenvalue weighted by Crippen LogP contribution is 2.31. The number of benzene rings is 2. The van der Waals surface area contributed by atoms with Gasteiger partial charge >= 0.3 is 0 Å². The Hall–Kier alpha value is -3.32. The lowest BCUT2D eigenvalue weighted by atomic mass is 9.95. The highest BCUT2D eigenvalue weighted by Gasteiger charge is 2.32. The molecule has 3 heterocycles. The van der Waals surface area contributed by atoms with Crippen molar-refractivity contribution in [2.75, 3.05) is 13.1 Å². The average Bonchev–Trinajstić information content (AvgIpc) is 3.23. The van der Waals surface area contributed by atoms with Gasteiger partial charge in [0.1, 0.15) is 6.04 Å². The second-order valence-corrected chi connectivity index (χ2v) is 8.97. The highest BCUT2D eigenvalue weighted by atomic mass is 16.1. The maximum atomic E-state index is 13.3. The number of aryl methyl sites for hydroxylation is 1. The molecule has 4 aromatic rings. The molecule has 32 heavy (non-hydrogen) atoms. The van der Waals surface area contributed by atoms with Crippen molar-refractivity contribution in [2.24, 2.45) is 5.92 Å². The van der Waals surface area contributed by atoms with Crippen LogP contribution < -0.4 is 5.56 Å². The van der Waals surface area contributed by atoms with Crippen LogP contribution in [0.4, 0.5) is 0 Å². The lowest BCUT2D eigenvalue weighted by Crippen LogP contribution is -2.41. The van der Waals surface area contributed by atoms with Gasteiger partial charge in [0.25, 0.3) is 5.56 Å². The van der Waals surface area contributed by atoms with E-state index in [1.165, 1.54) is 6.42 Å². The zero-order valence-corrected chi connectivity index (χ0v) is 18.5. The van der Waals surface area contributed by atoms with Gasteiger partial charge in [0, 0.05) is 17.6 Å². The van der Waals surface area contributed by atoms with E-state index < -0.39 is 0 Å². The summed E-state index contributed by atoms with van der Waals surface area (Å²) in [6.07, 6.45) is 2.30. The monoisotopic (exact) mass is 428 g/mol. The number of fused-ring (bicyclic) bond motifs is 1. The molecule has 2 atom stereocenters. The minimum absolute atomic E-state index is 0.0844. The molecule has 0 amide bonds. The van der Waals surface area contributed by atoms with Crippen molar-refractivity contribution in [3.05, 3.63) is 87.5 Å². The number of tetrazole rings is 1. The third kappa shape index (κ3) is 4.08. The molecule has 1 aliphatic rings. The maximum absolute atomic E-state index is 13.3. The van der Waals surface area contributed by atoms with Gasteiger partial charge in [-0.2, -0.15) is 0 Å². The van der Waals surface area contributed by atoms with Crippen molar-refractivity contribution in [1.82, 2.24) is 30.1 Å². The fraction of sp³-hybridized carbons (Fsp3) is 0.360. The van der Waals surface area contributed by atoms with Gasteiger partial charge in [0.2, 0.25) is 0 Å². The van der Waals surface area contributed by atoms with E-state index in [2.05, 4.69) is 57.5 Å². The van der Waals surface area contributed by atoms with Gasteiger partial charge in [-0.25, -0.2) is 4.68 Å². The van der Waals surface area contributed by atoms with Crippen LogP contribution in [0.1, 0.15) is 48.3 Å². The number of nitrogens with zero attached hydrogens (tertiary/aromatic N) is 5. The Morgan fingerprint density at radius 1 is 1.16 bits per heavy atom. The molecule has 164 valence electrons. The molecular weight excluding hydrogens is 400 g/mol. The summed E-state index contributed by atoms with van der Waals surface area (Å²) in [4.78, 5) is 18.7. The summed E-state index contributed by atoms with van der Waals surface area (Å²) >= 11 is 0. The number of likely N-dealkylation sites (tertiary alicyclic amines) is 1. The lowest BCUT2D eigenvalue weighted by molar-refractivity contribution is 0.141. The molecule has 5 rings (SSSR count). The number of rotatable bonds is 5. The number of H-pyrrole nitrogens is 1. The molecule has 2 aromatic heterocycles. The molecule has 0 saturated carbocycles. The molecule has 7 nitrogen and oxygen atoms in total. The lowest BCUT2D eigenvalue weighted by Gasteiger charge is -2.36. The van der Waals surface area contributed by atoms with Crippen LogP contribution in [0.2, 0.25) is 0 Å². The number of piperidine rings is 1. The van der Waals surface area contributed by atoms with Gasteiger partial charge < -0.3 is 4.98 Å². The van der Waals surface area contributed by atoms with Crippen LogP contribution >= 0.6 is 0 Å². The van der Waals surface area contributed by atoms with Crippen LogP contribution in [0.15, 0.2) is 59.4 Å². The first-order chi connectivity index (χ1) is 15.6. The fourth-order valence-corrected chi connectivity index (χ4v) is 4.78. The van der Waals surface area contributed by atoms with E-state index in [0.717, 1.165) is 41.5 Å². The van der Waals surface area contributed by atoms with Gasteiger partial charge in [0.15, 0.2) is 5.82 Å². The van der Waals surface area contributed by atoms with Crippen LogP contribution in [0, 0.1) is 12.8 Å². The van der Waals surface area contributed by atoms with Crippen LogP contribution in [0.25, 0.3) is 10.9 Å². The molecule has 1 N–H and O–H groups in total. The number of hydrogen-bond acceptors (Lipinski definition) is 5. The van der Waals surface area contributed by atoms with Crippen LogP contribution in [-0.4, -0.2) is 43.2 Å². The van der Waals surface area contributed by atoms with Gasteiger partial charge in [-0.1, -0.05) is 48.9 Å². The fourth-order valence-electron chi connectivity index (χ4n) is 4.78. The van der Waals surface area contributed by atoms with E-state index in [9.17, 15) is 4.79 Å². The Morgan fingerprint density at radius 2 is 2.00 bits per heavy atom. The third-order valence-corrected chi connectivity index (χ3v) is 6.36. The van der Waals surface area contributed by atoms with E-state index in [1.54, 1.807) is 0 Å². The minimum atomic E-state index is -0.301. The average molecular weight is 429 g/mol. The molecule has 2 aromatic carbocycles. The second-order valence-electron chi connectivity index (χ2n) is 8.97. The first-order valence-electron chi connectivity index (χ1n) is 11.3. The summed E-state index contributed by atoms with van der Waals surface area (Å²) in [5, 5.41) is 13.8. The molecule has 0 bridgehead atoms. The first kappa shape index (κ1) is 20.6. The Morgan fingerprint density at radius 3 is 2.81 bits per heavy atom. The smallest absolute Gasteiger partial charge is 0.253 e. The van der Waals surface area contributed by atoms with Crippen molar-refractivity contribution in [1.29, 1.82) is 0 Å². The summed E-state index contributed by atoms with van der Waals surface area (Å²) in [5.41, 5.74) is 3.74. The van der Waals surface area contributed by atoms with Gasteiger partial charge in [-0.15, -0.1) is 5.10 Å². The second kappa shape index (κ2) is 8.67. The van der Waals surface area contributed by atoms with Crippen molar-refractivity contribution < 1.29 is 0 Å². The third-order valence-electron chi connectivity index (χ3n) is 6.36. The largest absolute Gasteiger partial charge is 0.322 e. The summed E-state index contributed by atoms with van der Waals surface area (Å²) in [6, 6.07) is 18.0. The Kier molecular flexibility index (Phi) is 5.57. The van der Waals surface area contributed by atoms with Gasteiger partial charge in [0.05, 0.1) is 6.54 Å². The van der Waals surface area contributed by atoms with Crippen LogP contribution in [0.3, 0.4) is 0 Å². The topological polar surface area (TPSA) is 79.7 Å². The number of pyridine rings is 1. The van der Waals surface area contributed by atoms with Crippen molar-refractivity contribution in [3.63, 3.8) is 0 Å². The molecule has 1 fully saturated rings. The van der Waals surface area contributed by atoms with Crippen molar-refractivity contribution in [3.8, 4) is 0 Å². The van der Waals surface area contributed by atoms with E-state index >= 15 is 0 Å². The van der Waals surface area contributed by atoms with Crippen LogP contribution in [-0.2, 0) is 6.54 Å². The molecule has 1 saturated heterocycles. The molecule has 2 unspecified atom stereocenters. The molecule has 7 heteroatoms. The zero-order valence-electron chi connectivity index (χ0n) is 18.5. The van der Waals surface area contributed by atoms with E-state index in [1.807, 2.05) is 41.1 Å². The molecule has 1 aliphatic heterocycles. The molecule has 0 radical (unpaired) electrons. The highest BCUT2D eigenvalue weighted by molar-refractivity contribution is 5.79. The van der Waals surface area contributed by atoms with Gasteiger partial charge in [-0.3, -0.25) is 9.69 Å². The predicted octanol–water partition coefficient (Wildman–Crippen LogP) is 3.69. The van der Waals surface area contributed by atoms with Crippen molar-refractivity contribution in [2.45, 2.75) is 39.3 Å². The van der Waals surface area contributed by atoms with Gasteiger partial charge in [-0.05, 0) is 71.8 Å².